The second kappa shape index (κ2) is 6.06. The molecule has 1 N–H and O–H groups in total. The van der Waals surface area contributed by atoms with Gasteiger partial charge in [0.1, 0.15) is 6.33 Å². The Kier molecular flexibility index (Phi) is 3.73. The molecule has 0 aliphatic rings. The molecule has 0 saturated heterocycles. The number of aliphatic hydroxyl groups excluding tert-OH is 1. The van der Waals surface area contributed by atoms with Gasteiger partial charge in [-0.2, -0.15) is 9.61 Å². The highest BCUT2D eigenvalue weighted by Crippen LogP contribution is 2.28. The van der Waals surface area contributed by atoms with Crippen LogP contribution in [-0.4, -0.2) is 41.1 Å². The molecule has 0 spiro atoms. The summed E-state index contributed by atoms with van der Waals surface area (Å²) in [7, 11) is 0. The van der Waals surface area contributed by atoms with Crippen LogP contribution in [0.1, 0.15) is 12.6 Å². The molecular weight excluding hydrogens is 320 g/mol. The number of rotatable bonds is 4. The summed E-state index contributed by atoms with van der Waals surface area (Å²) in [5.41, 5.74) is 3.49. The van der Waals surface area contributed by atoms with E-state index in [1.807, 2.05) is 37.3 Å². The van der Waals surface area contributed by atoms with Gasteiger partial charge in [0.25, 0.3) is 5.56 Å². The van der Waals surface area contributed by atoms with E-state index in [4.69, 9.17) is 5.11 Å². The van der Waals surface area contributed by atoms with Crippen molar-refractivity contribution in [2.75, 3.05) is 6.61 Å². The molecule has 0 saturated carbocycles. The van der Waals surface area contributed by atoms with Gasteiger partial charge in [0.2, 0.25) is 0 Å². The number of aromatic nitrogens is 6. The van der Waals surface area contributed by atoms with E-state index in [0.717, 1.165) is 23.2 Å². The van der Waals surface area contributed by atoms with Gasteiger partial charge in [-0.3, -0.25) is 9.36 Å². The molecule has 4 rings (SSSR count). The summed E-state index contributed by atoms with van der Waals surface area (Å²) in [6, 6.07) is 9.85. The normalized spacial score (nSPS) is 11.4. The highest BCUT2D eigenvalue weighted by Gasteiger charge is 2.19. The van der Waals surface area contributed by atoms with E-state index in [1.165, 1.54) is 10.9 Å². The van der Waals surface area contributed by atoms with Crippen molar-refractivity contribution >= 4 is 16.8 Å². The van der Waals surface area contributed by atoms with Crippen molar-refractivity contribution in [3.8, 4) is 11.1 Å². The second-order valence-electron chi connectivity index (χ2n) is 5.62. The second-order valence-corrected chi connectivity index (χ2v) is 5.62. The third kappa shape index (κ3) is 2.38. The number of hydrogen-bond donors (Lipinski definition) is 1. The summed E-state index contributed by atoms with van der Waals surface area (Å²) in [5, 5.41) is 22.0. The lowest BCUT2D eigenvalue weighted by Crippen LogP contribution is -2.24. The average molecular weight is 336 g/mol. The van der Waals surface area contributed by atoms with Crippen molar-refractivity contribution in [2.45, 2.75) is 19.9 Å². The molecule has 0 unspecified atom stereocenters. The molecule has 3 heterocycles. The molecule has 0 aliphatic heterocycles. The minimum atomic E-state index is -0.344. The fraction of sp³-hybridized carbons (Fsp3) is 0.235. The van der Waals surface area contributed by atoms with Crippen LogP contribution in [0.5, 0.6) is 0 Å². The molecule has 0 fully saturated rings. The quantitative estimate of drug-likeness (QED) is 0.598. The number of aryl methyl sites for hydroxylation is 1. The largest absolute Gasteiger partial charge is 0.395 e. The third-order valence-electron chi connectivity index (χ3n) is 4.11. The number of benzene rings is 1. The lowest BCUT2D eigenvalue weighted by molar-refractivity contribution is 0.274. The Bertz CT molecular complexity index is 1120. The molecule has 0 bridgehead atoms. The molecule has 8 nitrogen and oxygen atoms in total. The lowest BCUT2D eigenvalue weighted by atomic mass is 10.0. The van der Waals surface area contributed by atoms with E-state index in [-0.39, 0.29) is 24.2 Å². The van der Waals surface area contributed by atoms with Crippen LogP contribution in [0.2, 0.25) is 0 Å². The summed E-state index contributed by atoms with van der Waals surface area (Å²) in [4.78, 5) is 16.8. The van der Waals surface area contributed by atoms with E-state index in [2.05, 4.69) is 20.3 Å². The van der Waals surface area contributed by atoms with Gasteiger partial charge in [-0.25, -0.2) is 4.98 Å². The van der Waals surface area contributed by atoms with Crippen molar-refractivity contribution in [1.29, 1.82) is 0 Å². The van der Waals surface area contributed by atoms with Crippen molar-refractivity contribution in [3.63, 3.8) is 0 Å². The molecule has 0 amide bonds. The van der Waals surface area contributed by atoms with Crippen LogP contribution in [0.4, 0.5) is 0 Å². The summed E-state index contributed by atoms with van der Waals surface area (Å²) in [6.07, 6.45) is 2.12. The average Bonchev–Trinajstić information content (AvgIpc) is 3.03. The summed E-state index contributed by atoms with van der Waals surface area (Å²) >= 11 is 0. The molecule has 0 atom stereocenters. The third-order valence-corrected chi connectivity index (χ3v) is 4.11. The molecule has 126 valence electrons. The number of fused-ring (bicyclic) bond motifs is 3. The first kappa shape index (κ1) is 15.4. The molecule has 0 aliphatic carbocycles. The van der Waals surface area contributed by atoms with E-state index in [9.17, 15) is 4.79 Å². The smallest absolute Gasteiger partial charge is 0.283 e. The fourth-order valence-electron chi connectivity index (χ4n) is 2.92. The van der Waals surface area contributed by atoms with Crippen LogP contribution in [-0.2, 0) is 13.0 Å². The highest BCUT2D eigenvalue weighted by atomic mass is 16.3. The first-order valence-corrected chi connectivity index (χ1v) is 8.04. The Labute approximate surface area is 142 Å². The van der Waals surface area contributed by atoms with Gasteiger partial charge in [-0.05, 0) is 12.0 Å². The first-order chi connectivity index (χ1) is 12.2. The fourth-order valence-corrected chi connectivity index (χ4v) is 2.92. The zero-order chi connectivity index (χ0) is 17.4. The van der Waals surface area contributed by atoms with E-state index < -0.39 is 0 Å². The Morgan fingerprint density at radius 1 is 1.12 bits per heavy atom. The van der Waals surface area contributed by atoms with E-state index in [0.29, 0.717) is 11.3 Å². The number of aliphatic hydroxyl groups is 1. The first-order valence-electron chi connectivity index (χ1n) is 8.04. The van der Waals surface area contributed by atoms with Gasteiger partial charge < -0.3 is 5.11 Å². The Morgan fingerprint density at radius 2 is 1.92 bits per heavy atom. The van der Waals surface area contributed by atoms with Gasteiger partial charge in [0, 0.05) is 0 Å². The van der Waals surface area contributed by atoms with Gasteiger partial charge in [-0.1, -0.05) is 37.3 Å². The number of hydrogen-bond acceptors (Lipinski definition) is 6. The van der Waals surface area contributed by atoms with Gasteiger partial charge >= 0.3 is 0 Å². The Balaban J connectivity index is 2.05. The van der Waals surface area contributed by atoms with Crippen molar-refractivity contribution in [2.24, 2.45) is 0 Å². The summed E-state index contributed by atoms with van der Waals surface area (Å²) in [6.45, 7) is 2.03. The Hall–Kier alpha value is -3.13. The minimum absolute atomic E-state index is 0.133. The molecule has 25 heavy (non-hydrogen) atoms. The zero-order valence-electron chi connectivity index (χ0n) is 13.6. The molecule has 1 aromatic carbocycles. The van der Waals surface area contributed by atoms with Crippen LogP contribution in [0.15, 0.2) is 41.5 Å². The van der Waals surface area contributed by atoms with E-state index in [1.54, 1.807) is 4.52 Å². The molecular formula is C17H16N6O2. The van der Waals surface area contributed by atoms with Crippen LogP contribution in [0, 0.1) is 0 Å². The van der Waals surface area contributed by atoms with Gasteiger partial charge in [0.15, 0.2) is 16.8 Å². The van der Waals surface area contributed by atoms with Crippen molar-refractivity contribution in [3.05, 3.63) is 52.7 Å². The van der Waals surface area contributed by atoms with E-state index >= 15 is 0 Å². The van der Waals surface area contributed by atoms with Gasteiger partial charge in [0.05, 0.1) is 24.4 Å². The van der Waals surface area contributed by atoms with Gasteiger partial charge in [-0.15, -0.1) is 10.2 Å². The standard InChI is InChI=1S/C17H16N6O2/c1-2-12-13(11-6-4-3-5-7-11)15-20-19-14-16(23(15)21-12)18-10-22(8-9-24)17(14)25/h3-7,10,24H,2,8-9H2,1H3. The maximum absolute atomic E-state index is 12.5. The van der Waals surface area contributed by atoms with Crippen LogP contribution in [0.3, 0.4) is 0 Å². The molecule has 3 aromatic heterocycles. The zero-order valence-corrected chi connectivity index (χ0v) is 13.6. The van der Waals surface area contributed by atoms with Crippen LogP contribution in [0.25, 0.3) is 27.9 Å². The summed E-state index contributed by atoms with van der Waals surface area (Å²) in [5.74, 6) is 0. The van der Waals surface area contributed by atoms with Crippen molar-refractivity contribution in [1.82, 2.24) is 29.4 Å². The molecule has 8 heteroatoms. The topological polar surface area (TPSA) is 98.2 Å². The lowest BCUT2D eigenvalue weighted by Gasteiger charge is -2.04. The molecule has 0 radical (unpaired) electrons. The van der Waals surface area contributed by atoms with Crippen LogP contribution >= 0.6 is 0 Å². The maximum Gasteiger partial charge on any atom is 0.283 e. The maximum atomic E-state index is 12.5. The summed E-state index contributed by atoms with van der Waals surface area (Å²) < 4.78 is 2.89. The monoisotopic (exact) mass is 336 g/mol. The Morgan fingerprint density at radius 3 is 2.64 bits per heavy atom. The van der Waals surface area contributed by atoms with Crippen molar-refractivity contribution < 1.29 is 5.11 Å². The predicted molar refractivity (Wildman–Crippen MR) is 92.2 cm³/mol. The number of nitrogens with zero attached hydrogens (tertiary/aromatic N) is 6. The minimum Gasteiger partial charge on any atom is -0.395 e. The highest BCUT2D eigenvalue weighted by molar-refractivity contribution is 5.83. The van der Waals surface area contributed by atoms with Crippen LogP contribution < -0.4 is 5.56 Å². The molecule has 4 aromatic rings. The predicted octanol–water partition coefficient (Wildman–Crippen LogP) is 1.06. The SMILES string of the molecule is CCc1nn2c(nnc3c(=O)n(CCO)cnc32)c1-c1ccccc1.